The van der Waals surface area contributed by atoms with Crippen molar-refractivity contribution < 1.29 is 19.5 Å². The lowest BCUT2D eigenvalue weighted by Crippen LogP contribution is -2.45. The molecule has 2 aliphatic rings. The number of carboxylic acids is 1. The van der Waals surface area contributed by atoms with Gasteiger partial charge in [-0.05, 0) is 25.2 Å². The van der Waals surface area contributed by atoms with Crippen LogP contribution in [0.3, 0.4) is 0 Å². The Morgan fingerprint density at radius 3 is 2.85 bits per heavy atom. The molecule has 0 radical (unpaired) electrons. The molecule has 1 unspecified atom stereocenters. The molecule has 0 aromatic carbocycles. The molecule has 0 bridgehead atoms. The third kappa shape index (κ3) is 3.85. The number of carboxylic acid groups (broad SMARTS) is 1. The van der Waals surface area contributed by atoms with Gasteiger partial charge in [0, 0.05) is 32.6 Å². The Morgan fingerprint density at radius 1 is 1.30 bits per heavy atom. The minimum Gasteiger partial charge on any atom is -0.481 e. The van der Waals surface area contributed by atoms with Crippen LogP contribution in [-0.2, 0) is 9.59 Å². The Bertz CT molecular complexity index is 399. The number of urea groups is 1. The summed E-state index contributed by atoms with van der Waals surface area (Å²) in [5, 5.41) is 11.4. The standard InChI is InChI=1S/C13H21N3O4/c17-11-9-15(6-1-5-14-11)13(20)16-7-4-10(8-16)2-3-12(18)19/h10H,1-9H2,(H,14,17)(H,18,19). The van der Waals surface area contributed by atoms with E-state index in [1.54, 1.807) is 9.80 Å². The van der Waals surface area contributed by atoms with Gasteiger partial charge in [0.05, 0.1) is 0 Å². The molecule has 2 saturated heterocycles. The fraction of sp³-hybridized carbons (Fsp3) is 0.769. The Morgan fingerprint density at radius 2 is 2.10 bits per heavy atom. The van der Waals surface area contributed by atoms with Gasteiger partial charge in [0.2, 0.25) is 5.91 Å². The summed E-state index contributed by atoms with van der Waals surface area (Å²) >= 11 is 0. The zero-order valence-corrected chi connectivity index (χ0v) is 11.5. The summed E-state index contributed by atoms with van der Waals surface area (Å²) in [6, 6.07) is -0.0973. The van der Waals surface area contributed by atoms with E-state index in [2.05, 4.69) is 5.32 Å². The van der Waals surface area contributed by atoms with Crippen LogP contribution in [0.2, 0.25) is 0 Å². The molecule has 0 aliphatic carbocycles. The number of nitrogens with one attached hydrogen (secondary N) is 1. The largest absolute Gasteiger partial charge is 0.481 e. The summed E-state index contributed by atoms with van der Waals surface area (Å²) in [5.41, 5.74) is 0. The SMILES string of the molecule is O=C(O)CCC1CCN(C(=O)N2CCCNC(=O)C2)C1. The van der Waals surface area contributed by atoms with Gasteiger partial charge in [-0.2, -0.15) is 0 Å². The lowest BCUT2D eigenvalue weighted by atomic mass is 10.0. The van der Waals surface area contributed by atoms with Gasteiger partial charge in [0.25, 0.3) is 0 Å². The number of likely N-dealkylation sites (tertiary alicyclic amines) is 1. The average molecular weight is 283 g/mol. The molecule has 1 atom stereocenters. The summed E-state index contributed by atoms with van der Waals surface area (Å²) < 4.78 is 0. The van der Waals surface area contributed by atoms with Crippen molar-refractivity contribution in [3.05, 3.63) is 0 Å². The topological polar surface area (TPSA) is 89.9 Å². The molecule has 2 rings (SSSR count). The molecule has 7 nitrogen and oxygen atoms in total. The molecule has 0 aromatic heterocycles. The van der Waals surface area contributed by atoms with Crippen LogP contribution < -0.4 is 5.32 Å². The van der Waals surface area contributed by atoms with Crippen LogP contribution in [0.25, 0.3) is 0 Å². The monoisotopic (exact) mass is 283 g/mol. The first-order valence-electron chi connectivity index (χ1n) is 7.08. The molecule has 3 amide bonds. The fourth-order valence-corrected chi connectivity index (χ4v) is 2.74. The lowest BCUT2D eigenvalue weighted by Gasteiger charge is -2.26. The number of hydrogen-bond acceptors (Lipinski definition) is 3. The van der Waals surface area contributed by atoms with Crippen LogP contribution in [0.5, 0.6) is 0 Å². The molecule has 0 saturated carbocycles. The van der Waals surface area contributed by atoms with E-state index in [-0.39, 0.29) is 30.8 Å². The maximum absolute atomic E-state index is 12.3. The first kappa shape index (κ1) is 14.6. The first-order chi connectivity index (χ1) is 9.56. The van der Waals surface area contributed by atoms with Gasteiger partial charge in [0.15, 0.2) is 0 Å². The summed E-state index contributed by atoms with van der Waals surface area (Å²) in [5.74, 6) is -0.646. The molecular weight excluding hydrogens is 262 g/mol. The van der Waals surface area contributed by atoms with Crippen LogP contribution in [0.15, 0.2) is 0 Å². The minimum atomic E-state index is -0.793. The fourth-order valence-electron chi connectivity index (χ4n) is 2.74. The van der Waals surface area contributed by atoms with Crippen molar-refractivity contribution in [2.75, 3.05) is 32.7 Å². The second-order valence-corrected chi connectivity index (χ2v) is 5.44. The van der Waals surface area contributed by atoms with Crippen molar-refractivity contribution in [3.8, 4) is 0 Å². The highest BCUT2D eigenvalue weighted by Crippen LogP contribution is 2.22. The predicted octanol–water partition coefficient (Wildman–Crippen LogP) is 0.115. The van der Waals surface area contributed by atoms with Crippen molar-refractivity contribution >= 4 is 17.9 Å². The molecule has 2 N–H and O–H groups in total. The van der Waals surface area contributed by atoms with Gasteiger partial charge in [-0.1, -0.05) is 0 Å². The van der Waals surface area contributed by atoms with E-state index >= 15 is 0 Å². The number of carbonyl (C=O) groups is 3. The number of nitrogens with zero attached hydrogens (tertiary/aromatic N) is 2. The molecular formula is C13H21N3O4. The molecule has 0 aromatic rings. The van der Waals surface area contributed by atoms with Crippen LogP contribution >= 0.6 is 0 Å². The van der Waals surface area contributed by atoms with Gasteiger partial charge < -0.3 is 20.2 Å². The summed E-state index contributed by atoms with van der Waals surface area (Å²) in [4.78, 5) is 37.7. The molecule has 7 heteroatoms. The Balaban J connectivity index is 1.84. The van der Waals surface area contributed by atoms with Crippen molar-refractivity contribution in [1.29, 1.82) is 0 Å². The minimum absolute atomic E-state index is 0.0973. The third-order valence-electron chi connectivity index (χ3n) is 3.85. The number of rotatable bonds is 3. The summed E-state index contributed by atoms with van der Waals surface area (Å²) in [6.07, 6.45) is 2.38. The maximum Gasteiger partial charge on any atom is 0.320 e. The number of hydrogen-bond donors (Lipinski definition) is 2. The van der Waals surface area contributed by atoms with E-state index in [0.29, 0.717) is 32.6 Å². The highest BCUT2D eigenvalue weighted by atomic mass is 16.4. The third-order valence-corrected chi connectivity index (χ3v) is 3.85. The Kier molecular flexibility index (Phi) is 4.81. The van der Waals surface area contributed by atoms with E-state index in [1.165, 1.54) is 0 Å². The highest BCUT2D eigenvalue weighted by molar-refractivity contribution is 5.84. The van der Waals surface area contributed by atoms with Crippen molar-refractivity contribution in [3.63, 3.8) is 0 Å². The number of carbonyl (C=O) groups excluding carboxylic acids is 2. The maximum atomic E-state index is 12.3. The van der Waals surface area contributed by atoms with Crippen LogP contribution in [0.1, 0.15) is 25.7 Å². The van der Waals surface area contributed by atoms with Gasteiger partial charge >= 0.3 is 12.0 Å². The van der Waals surface area contributed by atoms with Crippen molar-refractivity contribution in [2.24, 2.45) is 5.92 Å². The van der Waals surface area contributed by atoms with Gasteiger partial charge in [0.1, 0.15) is 6.54 Å². The molecule has 0 spiro atoms. The smallest absolute Gasteiger partial charge is 0.320 e. The zero-order valence-electron chi connectivity index (χ0n) is 11.5. The Labute approximate surface area is 117 Å². The lowest BCUT2D eigenvalue weighted by molar-refractivity contribution is -0.137. The Hall–Kier alpha value is -1.79. The number of aliphatic carboxylic acids is 1. The number of amides is 3. The van der Waals surface area contributed by atoms with Gasteiger partial charge in [-0.3, -0.25) is 9.59 Å². The van der Waals surface area contributed by atoms with Crippen molar-refractivity contribution in [1.82, 2.24) is 15.1 Å². The molecule has 2 fully saturated rings. The quantitative estimate of drug-likeness (QED) is 0.769. The van der Waals surface area contributed by atoms with E-state index < -0.39 is 5.97 Å². The van der Waals surface area contributed by atoms with Gasteiger partial charge in [-0.15, -0.1) is 0 Å². The summed E-state index contributed by atoms with van der Waals surface area (Å²) in [6.45, 7) is 2.58. The van der Waals surface area contributed by atoms with Crippen LogP contribution in [-0.4, -0.2) is 65.5 Å². The molecule has 2 aliphatic heterocycles. The van der Waals surface area contributed by atoms with E-state index in [4.69, 9.17) is 5.11 Å². The average Bonchev–Trinajstić information content (AvgIpc) is 2.77. The van der Waals surface area contributed by atoms with E-state index in [9.17, 15) is 14.4 Å². The first-order valence-corrected chi connectivity index (χ1v) is 7.08. The van der Waals surface area contributed by atoms with Crippen molar-refractivity contribution in [2.45, 2.75) is 25.7 Å². The van der Waals surface area contributed by atoms with Crippen LogP contribution in [0, 0.1) is 5.92 Å². The second kappa shape index (κ2) is 6.58. The zero-order chi connectivity index (χ0) is 14.5. The summed E-state index contributed by atoms with van der Waals surface area (Å²) in [7, 11) is 0. The van der Waals surface area contributed by atoms with E-state index in [1.807, 2.05) is 0 Å². The molecule has 112 valence electrons. The molecule has 20 heavy (non-hydrogen) atoms. The predicted molar refractivity (Wildman–Crippen MR) is 71.1 cm³/mol. The normalized spacial score (nSPS) is 23.4. The molecule has 2 heterocycles. The highest BCUT2D eigenvalue weighted by Gasteiger charge is 2.30. The van der Waals surface area contributed by atoms with E-state index in [0.717, 1.165) is 12.8 Å². The van der Waals surface area contributed by atoms with Crippen LogP contribution in [0.4, 0.5) is 4.79 Å². The second-order valence-electron chi connectivity index (χ2n) is 5.44. The van der Waals surface area contributed by atoms with Gasteiger partial charge in [-0.25, -0.2) is 4.79 Å².